The minimum Gasteiger partial charge on any atom is -0.352 e. The number of carbonyl (C=O) groups excluding carboxylic acids is 2. The van der Waals surface area contributed by atoms with E-state index >= 15 is 0 Å². The first kappa shape index (κ1) is 23.9. The highest BCUT2D eigenvalue weighted by Gasteiger charge is 2.34. The molecule has 0 spiro atoms. The SMILES string of the molecule is CCc1ccc(N2C[C@@H](C(=O)NCc3ccc(CS(=O)(=O)NC(C)C)cc3)CC2=O)cc1. The zero-order chi connectivity index (χ0) is 23.3. The lowest BCUT2D eigenvalue weighted by molar-refractivity contribution is -0.126. The summed E-state index contributed by atoms with van der Waals surface area (Å²) in [5.74, 6) is -0.675. The normalized spacial score (nSPS) is 16.6. The molecular formula is C24H31N3O4S. The molecule has 8 heteroatoms. The fourth-order valence-corrected chi connectivity index (χ4v) is 5.18. The van der Waals surface area contributed by atoms with Gasteiger partial charge in [-0.15, -0.1) is 0 Å². The molecule has 2 aromatic rings. The molecule has 2 N–H and O–H groups in total. The summed E-state index contributed by atoms with van der Waals surface area (Å²) in [6.45, 7) is 6.34. The average Bonchev–Trinajstić information content (AvgIpc) is 3.13. The quantitative estimate of drug-likeness (QED) is 0.605. The van der Waals surface area contributed by atoms with Crippen molar-refractivity contribution in [3.8, 4) is 0 Å². The maximum Gasteiger partial charge on any atom is 0.227 e. The van der Waals surface area contributed by atoms with Gasteiger partial charge in [-0.1, -0.05) is 43.3 Å². The van der Waals surface area contributed by atoms with Gasteiger partial charge in [0, 0.05) is 31.2 Å². The first-order chi connectivity index (χ1) is 15.2. The topological polar surface area (TPSA) is 95.6 Å². The Labute approximate surface area is 190 Å². The van der Waals surface area contributed by atoms with Gasteiger partial charge in [0.2, 0.25) is 21.8 Å². The van der Waals surface area contributed by atoms with E-state index in [1.54, 1.807) is 30.9 Å². The molecule has 172 valence electrons. The molecule has 0 radical (unpaired) electrons. The Kier molecular flexibility index (Phi) is 7.69. The zero-order valence-corrected chi connectivity index (χ0v) is 19.6. The minimum atomic E-state index is -3.38. The van der Waals surface area contributed by atoms with Crippen molar-refractivity contribution in [2.75, 3.05) is 11.4 Å². The molecule has 1 fully saturated rings. The van der Waals surface area contributed by atoms with Crippen molar-refractivity contribution in [2.45, 2.75) is 52.0 Å². The number of benzene rings is 2. The number of hydrogen-bond acceptors (Lipinski definition) is 4. The van der Waals surface area contributed by atoms with Crippen LogP contribution in [0, 0.1) is 5.92 Å². The van der Waals surface area contributed by atoms with Gasteiger partial charge in [0.05, 0.1) is 11.7 Å². The lowest BCUT2D eigenvalue weighted by Gasteiger charge is -2.17. The molecule has 3 rings (SSSR count). The minimum absolute atomic E-state index is 0.0463. The predicted molar refractivity (Wildman–Crippen MR) is 125 cm³/mol. The summed E-state index contributed by atoms with van der Waals surface area (Å²) in [7, 11) is -3.38. The molecule has 0 aromatic heterocycles. The largest absolute Gasteiger partial charge is 0.352 e. The summed E-state index contributed by atoms with van der Waals surface area (Å²) >= 11 is 0. The van der Waals surface area contributed by atoms with Crippen LogP contribution in [0.15, 0.2) is 48.5 Å². The second-order valence-electron chi connectivity index (χ2n) is 8.49. The van der Waals surface area contributed by atoms with Gasteiger partial charge in [0.25, 0.3) is 0 Å². The Balaban J connectivity index is 1.52. The molecule has 7 nitrogen and oxygen atoms in total. The lowest BCUT2D eigenvalue weighted by Crippen LogP contribution is -2.32. The van der Waals surface area contributed by atoms with E-state index in [1.807, 2.05) is 36.4 Å². The van der Waals surface area contributed by atoms with Gasteiger partial charge in [-0.2, -0.15) is 0 Å². The van der Waals surface area contributed by atoms with Gasteiger partial charge in [-0.25, -0.2) is 13.1 Å². The van der Waals surface area contributed by atoms with Gasteiger partial charge in [0.1, 0.15) is 0 Å². The van der Waals surface area contributed by atoms with Crippen molar-refractivity contribution in [3.05, 3.63) is 65.2 Å². The number of sulfonamides is 1. The van der Waals surface area contributed by atoms with Crippen LogP contribution in [0.1, 0.15) is 43.9 Å². The van der Waals surface area contributed by atoms with Crippen molar-refractivity contribution in [1.82, 2.24) is 10.0 Å². The van der Waals surface area contributed by atoms with Crippen LogP contribution in [0.2, 0.25) is 0 Å². The van der Waals surface area contributed by atoms with Crippen LogP contribution in [-0.2, 0) is 38.3 Å². The van der Waals surface area contributed by atoms with E-state index in [2.05, 4.69) is 17.0 Å². The van der Waals surface area contributed by atoms with E-state index < -0.39 is 10.0 Å². The summed E-state index contributed by atoms with van der Waals surface area (Å²) in [6.07, 6.45) is 1.13. The van der Waals surface area contributed by atoms with E-state index in [4.69, 9.17) is 0 Å². The standard InChI is InChI=1S/C24H31N3O4S/c1-4-18-9-11-22(12-10-18)27-15-21(13-23(27)28)24(29)25-14-19-5-7-20(8-6-19)16-32(30,31)26-17(2)3/h5-12,17,21,26H,4,13-16H2,1-3H3,(H,25,29)/t21-/m0/s1. The Hall–Kier alpha value is -2.71. The number of nitrogens with one attached hydrogen (secondary N) is 2. The fraction of sp³-hybridized carbons (Fsp3) is 0.417. The summed E-state index contributed by atoms with van der Waals surface area (Å²) < 4.78 is 26.7. The molecule has 0 unspecified atom stereocenters. The van der Waals surface area contributed by atoms with E-state index in [0.29, 0.717) is 18.7 Å². The van der Waals surface area contributed by atoms with E-state index in [-0.39, 0.29) is 35.9 Å². The number of rotatable bonds is 9. The number of aryl methyl sites for hydroxylation is 1. The van der Waals surface area contributed by atoms with Crippen molar-refractivity contribution in [2.24, 2.45) is 5.92 Å². The third kappa shape index (κ3) is 6.40. The lowest BCUT2D eigenvalue weighted by atomic mass is 10.1. The Morgan fingerprint density at radius 2 is 1.62 bits per heavy atom. The zero-order valence-electron chi connectivity index (χ0n) is 18.8. The highest BCUT2D eigenvalue weighted by Crippen LogP contribution is 2.25. The van der Waals surface area contributed by atoms with Gasteiger partial charge in [0.15, 0.2) is 0 Å². The Morgan fingerprint density at radius 3 is 2.22 bits per heavy atom. The second-order valence-corrected chi connectivity index (χ2v) is 10.2. The molecule has 0 bridgehead atoms. The Bertz CT molecular complexity index is 1050. The molecule has 1 saturated heterocycles. The van der Waals surface area contributed by atoms with Crippen LogP contribution in [0.3, 0.4) is 0 Å². The molecule has 2 amide bonds. The van der Waals surface area contributed by atoms with E-state index in [1.165, 1.54) is 5.56 Å². The van der Waals surface area contributed by atoms with Crippen LogP contribution in [0.25, 0.3) is 0 Å². The predicted octanol–water partition coefficient (Wildman–Crippen LogP) is 2.75. The second kappa shape index (κ2) is 10.3. The highest BCUT2D eigenvalue weighted by atomic mass is 32.2. The number of carbonyl (C=O) groups is 2. The number of hydrogen-bond donors (Lipinski definition) is 2. The maximum absolute atomic E-state index is 12.6. The highest BCUT2D eigenvalue weighted by molar-refractivity contribution is 7.88. The molecule has 0 aliphatic carbocycles. The van der Waals surface area contributed by atoms with Crippen LogP contribution in [0.5, 0.6) is 0 Å². The fourth-order valence-electron chi connectivity index (χ4n) is 3.75. The summed E-state index contributed by atoms with van der Waals surface area (Å²) in [4.78, 5) is 26.7. The Morgan fingerprint density at radius 1 is 1.03 bits per heavy atom. The smallest absolute Gasteiger partial charge is 0.227 e. The van der Waals surface area contributed by atoms with Crippen LogP contribution in [-0.4, -0.2) is 32.8 Å². The van der Waals surface area contributed by atoms with Crippen LogP contribution < -0.4 is 14.9 Å². The third-order valence-corrected chi connectivity index (χ3v) is 6.96. The monoisotopic (exact) mass is 457 g/mol. The van der Waals surface area contributed by atoms with Gasteiger partial charge >= 0.3 is 0 Å². The van der Waals surface area contributed by atoms with E-state index in [9.17, 15) is 18.0 Å². The van der Waals surface area contributed by atoms with Crippen molar-refractivity contribution in [3.63, 3.8) is 0 Å². The number of nitrogens with zero attached hydrogens (tertiary/aromatic N) is 1. The molecule has 1 aliphatic heterocycles. The third-order valence-electron chi connectivity index (χ3n) is 5.41. The van der Waals surface area contributed by atoms with Crippen molar-refractivity contribution >= 4 is 27.5 Å². The van der Waals surface area contributed by atoms with Crippen molar-refractivity contribution < 1.29 is 18.0 Å². The molecule has 1 aliphatic rings. The van der Waals surface area contributed by atoms with Crippen LogP contribution in [0.4, 0.5) is 5.69 Å². The molecule has 2 aromatic carbocycles. The molecule has 32 heavy (non-hydrogen) atoms. The first-order valence-corrected chi connectivity index (χ1v) is 12.6. The van der Waals surface area contributed by atoms with Gasteiger partial charge < -0.3 is 10.2 Å². The van der Waals surface area contributed by atoms with Gasteiger partial charge in [-0.05, 0) is 49.1 Å². The number of amides is 2. The molecule has 0 saturated carbocycles. The number of anilines is 1. The maximum atomic E-state index is 12.6. The first-order valence-electron chi connectivity index (χ1n) is 10.9. The van der Waals surface area contributed by atoms with E-state index in [0.717, 1.165) is 17.7 Å². The molecule has 1 atom stereocenters. The van der Waals surface area contributed by atoms with Crippen molar-refractivity contribution in [1.29, 1.82) is 0 Å². The summed E-state index contributed by atoms with van der Waals surface area (Å²) in [5, 5.41) is 2.90. The average molecular weight is 458 g/mol. The molecule has 1 heterocycles. The summed E-state index contributed by atoms with van der Waals surface area (Å²) in [6, 6.07) is 14.8. The van der Waals surface area contributed by atoms with Crippen LogP contribution >= 0.6 is 0 Å². The summed E-state index contributed by atoms with van der Waals surface area (Å²) in [5.41, 5.74) is 3.57. The van der Waals surface area contributed by atoms with Gasteiger partial charge in [-0.3, -0.25) is 9.59 Å². The molecular weight excluding hydrogens is 426 g/mol.